The Labute approximate surface area is 90.7 Å². The van der Waals surface area contributed by atoms with Crippen molar-refractivity contribution in [3.05, 3.63) is 21.3 Å². The van der Waals surface area contributed by atoms with Crippen LogP contribution < -0.4 is 0 Å². The van der Waals surface area contributed by atoms with Gasteiger partial charge in [0.25, 0.3) is 0 Å². The molecule has 0 aliphatic rings. The van der Waals surface area contributed by atoms with Gasteiger partial charge in [0, 0.05) is 6.26 Å². The Kier molecular flexibility index (Phi) is 3.30. The largest absolute Gasteiger partial charge is 0.408 e. The summed E-state index contributed by atoms with van der Waals surface area (Å²) in [7, 11) is -3.12. The van der Waals surface area contributed by atoms with Crippen LogP contribution in [-0.2, 0) is 16.4 Å². The summed E-state index contributed by atoms with van der Waals surface area (Å²) < 4.78 is 22.8. The van der Waals surface area contributed by atoms with Gasteiger partial charge in [-0.1, -0.05) is 11.6 Å². The smallest absolute Gasteiger partial charge is 0.358 e. The van der Waals surface area contributed by atoms with E-state index in [1.54, 1.807) is 0 Å². The quantitative estimate of drug-likeness (QED) is 0.575. The predicted molar refractivity (Wildman–Crippen MR) is 53.6 cm³/mol. The summed E-state index contributed by atoms with van der Waals surface area (Å²) in [6.07, 6.45) is 2.30. The summed E-state index contributed by atoms with van der Waals surface area (Å²) in [6, 6.07) is 0. The molecule has 1 heterocycles. The third-order valence-electron chi connectivity index (χ3n) is 1.56. The van der Waals surface area contributed by atoms with Crippen molar-refractivity contribution >= 4 is 27.3 Å². The molecule has 0 radical (unpaired) electrons. The number of aryl methyl sites for hydroxylation is 1. The Balaban J connectivity index is 2.81. The molecule has 15 heavy (non-hydrogen) atoms. The first-order valence-corrected chi connectivity index (χ1v) is 6.28. The van der Waals surface area contributed by atoms with Crippen LogP contribution in [-0.4, -0.2) is 35.1 Å². The molecule has 0 atom stereocenters. The highest BCUT2D eigenvalue weighted by Crippen LogP contribution is 2.20. The van der Waals surface area contributed by atoms with E-state index in [1.165, 1.54) is 6.20 Å². The highest BCUT2D eigenvalue weighted by molar-refractivity contribution is 7.90. The molecule has 0 fully saturated rings. The monoisotopic (exact) mass is 253 g/mol. The number of halogens is 1. The standard InChI is InChI=1S/C6H8ClN3O4S/c1-15(13,14)3-2-9-4-5(7)6(8-9)10(11)12/h4H,2-3H2,1H3. The van der Waals surface area contributed by atoms with Gasteiger partial charge in [0.2, 0.25) is 0 Å². The first-order chi connectivity index (χ1) is 6.79. The third-order valence-corrected chi connectivity index (χ3v) is 2.75. The highest BCUT2D eigenvalue weighted by Gasteiger charge is 2.19. The molecule has 0 saturated heterocycles. The van der Waals surface area contributed by atoms with Crippen LogP contribution in [0.3, 0.4) is 0 Å². The number of hydrogen-bond donors (Lipinski definition) is 0. The van der Waals surface area contributed by atoms with E-state index < -0.39 is 20.6 Å². The summed E-state index contributed by atoms with van der Waals surface area (Å²) in [5.41, 5.74) is 0. The van der Waals surface area contributed by atoms with Gasteiger partial charge in [-0.15, -0.1) is 0 Å². The molecule has 1 aromatic rings. The normalized spacial score (nSPS) is 11.6. The van der Waals surface area contributed by atoms with Crippen LogP contribution in [0.4, 0.5) is 5.82 Å². The summed E-state index contributed by atoms with van der Waals surface area (Å²) in [5.74, 6) is -0.604. The molecular weight excluding hydrogens is 246 g/mol. The molecule has 0 aromatic carbocycles. The van der Waals surface area contributed by atoms with E-state index >= 15 is 0 Å². The summed E-state index contributed by atoms with van der Waals surface area (Å²) in [5, 5.41) is 13.8. The van der Waals surface area contributed by atoms with Crippen molar-refractivity contribution in [2.75, 3.05) is 12.0 Å². The van der Waals surface area contributed by atoms with Crippen molar-refractivity contribution in [3.63, 3.8) is 0 Å². The van der Waals surface area contributed by atoms with Crippen molar-refractivity contribution in [3.8, 4) is 0 Å². The predicted octanol–water partition coefficient (Wildman–Crippen LogP) is 0.489. The highest BCUT2D eigenvalue weighted by atomic mass is 35.5. The number of nitrogens with zero attached hydrogens (tertiary/aromatic N) is 3. The van der Waals surface area contributed by atoms with E-state index in [2.05, 4.69) is 5.10 Å². The molecule has 0 saturated carbocycles. The molecule has 0 amide bonds. The van der Waals surface area contributed by atoms with Gasteiger partial charge in [0.15, 0.2) is 5.02 Å². The Bertz CT molecular complexity index is 481. The van der Waals surface area contributed by atoms with Gasteiger partial charge >= 0.3 is 5.82 Å². The molecule has 9 heteroatoms. The lowest BCUT2D eigenvalue weighted by molar-refractivity contribution is -0.389. The van der Waals surface area contributed by atoms with Crippen LogP contribution in [0.2, 0.25) is 5.02 Å². The lowest BCUT2D eigenvalue weighted by Gasteiger charge is -1.94. The zero-order chi connectivity index (χ0) is 11.6. The number of sulfone groups is 1. The number of aromatic nitrogens is 2. The fourth-order valence-corrected chi connectivity index (χ4v) is 1.62. The third kappa shape index (κ3) is 3.48. The number of nitro groups is 1. The molecule has 0 N–H and O–H groups in total. The minimum Gasteiger partial charge on any atom is -0.358 e. The SMILES string of the molecule is CS(=O)(=O)CCn1cc(Cl)c([N+](=O)[O-])n1. The van der Waals surface area contributed by atoms with Crippen molar-refractivity contribution in [2.24, 2.45) is 0 Å². The van der Waals surface area contributed by atoms with Gasteiger partial charge in [-0.25, -0.2) is 8.42 Å². The molecule has 0 bridgehead atoms. The van der Waals surface area contributed by atoms with E-state index in [9.17, 15) is 18.5 Å². The van der Waals surface area contributed by atoms with Crippen molar-refractivity contribution < 1.29 is 13.3 Å². The molecule has 7 nitrogen and oxygen atoms in total. The Morgan fingerprint density at radius 3 is 2.67 bits per heavy atom. The minimum absolute atomic E-state index is 0.0480. The van der Waals surface area contributed by atoms with Crippen LogP contribution in [0.25, 0.3) is 0 Å². The first kappa shape index (κ1) is 11.9. The van der Waals surface area contributed by atoms with Crippen molar-refractivity contribution in [1.29, 1.82) is 0 Å². The maximum Gasteiger partial charge on any atom is 0.408 e. The lowest BCUT2D eigenvalue weighted by Crippen LogP contribution is -2.11. The Hall–Kier alpha value is -1.15. The van der Waals surface area contributed by atoms with Crippen molar-refractivity contribution in [2.45, 2.75) is 6.54 Å². The van der Waals surface area contributed by atoms with E-state index in [1.807, 2.05) is 0 Å². The maximum atomic E-state index is 10.8. The van der Waals surface area contributed by atoms with E-state index in [0.29, 0.717) is 0 Å². The molecule has 0 unspecified atom stereocenters. The molecule has 0 aliphatic heterocycles. The van der Waals surface area contributed by atoms with Gasteiger partial charge in [-0.05, 0) is 4.92 Å². The van der Waals surface area contributed by atoms with Crippen LogP contribution in [0.5, 0.6) is 0 Å². The Morgan fingerprint density at radius 2 is 2.27 bits per heavy atom. The molecular formula is C6H8ClN3O4S. The van der Waals surface area contributed by atoms with Crippen molar-refractivity contribution in [1.82, 2.24) is 9.78 Å². The van der Waals surface area contributed by atoms with Gasteiger partial charge in [0.1, 0.15) is 9.84 Å². The van der Waals surface area contributed by atoms with Gasteiger partial charge in [-0.3, -0.25) is 0 Å². The number of hydrogen-bond acceptors (Lipinski definition) is 5. The molecule has 0 aliphatic carbocycles. The average Bonchev–Trinajstić information content (AvgIpc) is 2.42. The molecule has 1 rings (SSSR count). The maximum absolute atomic E-state index is 10.8. The summed E-state index contributed by atoms with van der Waals surface area (Å²) >= 11 is 5.52. The second-order valence-corrected chi connectivity index (χ2v) is 5.62. The first-order valence-electron chi connectivity index (χ1n) is 3.84. The van der Waals surface area contributed by atoms with Gasteiger partial charge in [-0.2, -0.15) is 4.68 Å². The topological polar surface area (TPSA) is 95.1 Å². The zero-order valence-electron chi connectivity index (χ0n) is 7.75. The van der Waals surface area contributed by atoms with Crippen LogP contribution in [0.15, 0.2) is 6.20 Å². The summed E-state index contributed by atoms with van der Waals surface area (Å²) in [6.45, 7) is 0.0480. The summed E-state index contributed by atoms with van der Waals surface area (Å²) in [4.78, 5) is 9.64. The van der Waals surface area contributed by atoms with Crippen LogP contribution in [0.1, 0.15) is 0 Å². The minimum atomic E-state index is -3.12. The van der Waals surface area contributed by atoms with Crippen LogP contribution in [0, 0.1) is 10.1 Å². The van der Waals surface area contributed by atoms with E-state index in [-0.39, 0.29) is 17.3 Å². The average molecular weight is 254 g/mol. The van der Waals surface area contributed by atoms with Gasteiger partial charge < -0.3 is 10.1 Å². The second kappa shape index (κ2) is 4.15. The molecule has 0 spiro atoms. The second-order valence-electron chi connectivity index (χ2n) is 2.95. The number of rotatable bonds is 4. The fourth-order valence-electron chi connectivity index (χ4n) is 0.884. The van der Waals surface area contributed by atoms with E-state index in [0.717, 1.165) is 10.9 Å². The molecule has 84 valence electrons. The van der Waals surface area contributed by atoms with Gasteiger partial charge in [0.05, 0.1) is 23.6 Å². The fraction of sp³-hybridized carbons (Fsp3) is 0.500. The van der Waals surface area contributed by atoms with Crippen LogP contribution >= 0.6 is 11.6 Å². The zero-order valence-corrected chi connectivity index (χ0v) is 9.32. The van der Waals surface area contributed by atoms with E-state index in [4.69, 9.17) is 11.6 Å². The lowest BCUT2D eigenvalue weighted by atomic mass is 10.6. The Morgan fingerprint density at radius 1 is 1.67 bits per heavy atom. The molecule has 1 aromatic heterocycles.